The number of rotatable bonds is 10. The second-order valence-electron chi connectivity index (χ2n) is 7.48. The average molecular weight is 420 g/mol. The van der Waals surface area contributed by atoms with Gasteiger partial charge in [-0.3, -0.25) is 4.79 Å². The van der Waals surface area contributed by atoms with Crippen molar-refractivity contribution in [1.82, 2.24) is 15.3 Å². The standard InChI is InChI=1S/C18H24ClF2N3O4/c1-10(24-11(2)25)6-26-14-3-12(4-14)7-27-16-15(19)17(23-9-22-16)28-8-13-5-18(13,20)21/h9-10,12-14H,3-8H2,1-2H3,(H,24,25)/t10-,12-,13?,14-/m0/s1. The van der Waals surface area contributed by atoms with E-state index in [0.29, 0.717) is 19.1 Å². The van der Waals surface area contributed by atoms with Gasteiger partial charge in [0.25, 0.3) is 5.92 Å². The van der Waals surface area contributed by atoms with Crippen LogP contribution in [-0.2, 0) is 9.53 Å². The summed E-state index contributed by atoms with van der Waals surface area (Å²) in [7, 11) is 0. The van der Waals surface area contributed by atoms with Crippen molar-refractivity contribution in [3.05, 3.63) is 11.3 Å². The minimum atomic E-state index is -2.65. The molecule has 1 aromatic heterocycles. The van der Waals surface area contributed by atoms with Crippen molar-refractivity contribution in [3.8, 4) is 11.8 Å². The Labute approximate surface area is 167 Å². The number of aromatic nitrogens is 2. The Hall–Kier alpha value is -1.74. The number of nitrogens with zero attached hydrogens (tertiary/aromatic N) is 2. The molecule has 0 aromatic carbocycles. The van der Waals surface area contributed by atoms with Crippen LogP contribution in [0.3, 0.4) is 0 Å². The highest BCUT2D eigenvalue weighted by atomic mass is 35.5. The molecule has 1 N–H and O–H groups in total. The van der Waals surface area contributed by atoms with Crippen LogP contribution in [0.5, 0.6) is 11.8 Å². The molecule has 2 saturated carbocycles. The van der Waals surface area contributed by atoms with Gasteiger partial charge in [0.2, 0.25) is 17.7 Å². The van der Waals surface area contributed by atoms with E-state index in [4.69, 9.17) is 25.8 Å². The summed E-state index contributed by atoms with van der Waals surface area (Å²) in [4.78, 5) is 18.8. The van der Waals surface area contributed by atoms with Gasteiger partial charge in [0, 0.05) is 19.4 Å². The van der Waals surface area contributed by atoms with Gasteiger partial charge in [-0.2, -0.15) is 0 Å². The lowest BCUT2D eigenvalue weighted by atomic mass is 9.83. The van der Waals surface area contributed by atoms with Crippen LogP contribution < -0.4 is 14.8 Å². The number of nitrogens with one attached hydrogen (secondary N) is 1. The van der Waals surface area contributed by atoms with E-state index in [-0.39, 0.29) is 47.9 Å². The lowest BCUT2D eigenvalue weighted by molar-refractivity contribution is -0.120. The molecule has 2 fully saturated rings. The predicted octanol–water partition coefficient (Wildman–Crippen LogP) is 2.86. The highest BCUT2D eigenvalue weighted by molar-refractivity contribution is 6.33. The Balaban J connectivity index is 1.36. The first-order chi connectivity index (χ1) is 13.2. The molecular formula is C18H24ClF2N3O4. The fraction of sp³-hybridized carbons (Fsp3) is 0.722. The van der Waals surface area contributed by atoms with Gasteiger partial charge < -0.3 is 19.5 Å². The van der Waals surface area contributed by atoms with E-state index in [1.807, 2.05) is 6.92 Å². The van der Waals surface area contributed by atoms with Crippen LogP contribution in [0, 0.1) is 11.8 Å². The lowest BCUT2D eigenvalue weighted by Crippen LogP contribution is -2.40. The monoisotopic (exact) mass is 419 g/mol. The third kappa shape index (κ3) is 5.64. The topological polar surface area (TPSA) is 82.6 Å². The number of amides is 1. The van der Waals surface area contributed by atoms with E-state index in [1.165, 1.54) is 13.3 Å². The van der Waals surface area contributed by atoms with Crippen LogP contribution >= 0.6 is 11.6 Å². The fourth-order valence-electron chi connectivity index (χ4n) is 2.98. The Kier molecular flexibility index (Phi) is 6.54. The van der Waals surface area contributed by atoms with Gasteiger partial charge in [-0.1, -0.05) is 11.6 Å². The number of hydrogen-bond donors (Lipinski definition) is 1. The summed E-state index contributed by atoms with van der Waals surface area (Å²) in [6, 6.07) is -0.0263. The molecule has 0 bridgehead atoms. The Bertz CT molecular complexity index is 703. The van der Waals surface area contributed by atoms with Crippen LogP contribution in [0.15, 0.2) is 6.33 Å². The van der Waals surface area contributed by atoms with Crippen molar-refractivity contribution in [3.63, 3.8) is 0 Å². The minimum absolute atomic E-state index is 0.0263. The number of hydrogen-bond acceptors (Lipinski definition) is 6. The predicted molar refractivity (Wildman–Crippen MR) is 96.8 cm³/mol. The van der Waals surface area contributed by atoms with Crippen molar-refractivity contribution >= 4 is 17.5 Å². The SMILES string of the molecule is CC(=O)N[C@@H](C)CO[C@H]1C[C@H](COc2ncnc(OCC3CC3(F)F)c2Cl)C1. The van der Waals surface area contributed by atoms with Gasteiger partial charge in [-0.15, -0.1) is 0 Å². The first-order valence-corrected chi connectivity index (χ1v) is 9.65. The summed E-state index contributed by atoms with van der Waals surface area (Å²) in [5.74, 6) is -2.98. The first-order valence-electron chi connectivity index (χ1n) is 9.27. The molecule has 1 heterocycles. The Morgan fingerprint density at radius 1 is 1.32 bits per heavy atom. The van der Waals surface area contributed by atoms with Crippen molar-refractivity contribution < 1.29 is 27.8 Å². The molecule has 1 unspecified atom stereocenters. The van der Waals surface area contributed by atoms with E-state index in [0.717, 1.165) is 12.8 Å². The Morgan fingerprint density at radius 2 is 1.93 bits per heavy atom. The van der Waals surface area contributed by atoms with E-state index < -0.39 is 11.8 Å². The first kappa shape index (κ1) is 21.0. The van der Waals surface area contributed by atoms with Gasteiger partial charge in [-0.05, 0) is 25.7 Å². The number of carbonyl (C=O) groups is 1. The molecule has 156 valence electrons. The van der Waals surface area contributed by atoms with Crippen LogP contribution in [0.25, 0.3) is 0 Å². The highest BCUT2D eigenvalue weighted by Crippen LogP contribution is 2.48. The third-order valence-electron chi connectivity index (χ3n) is 4.78. The molecule has 0 saturated heterocycles. The quantitative estimate of drug-likeness (QED) is 0.628. The number of ether oxygens (including phenoxy) is 3. The molecular weight excluding hydrogens is 396 g/mol. The van der Waals surface area contributed by atoms with E-state index in [9.17, 15) is 13.6 Å². The molecule has 1 aromatic rings. The Morgan fingerprint density at radius 3 is 2.50 bits per heavy atom. The smallest absolute Gasteiger partial charge is 0.255 e. The minimum Gasteiger partial charge on any atom is -0.476 e. The normalized spacial score (nSPS) is 26.1. The van der Waals surface area contributed by atoms with E-state index >= 15 is 0 Å². The van der Waals surface area contributed by atoms with Gasteiger partial charge in [0.05, 0.1) is 31.8 Å². The molecule has 1 amide bonds. The molecule has 2 aliphatic rings. The van der Waals surface area contributed by atoms with Crippen molar-refractivity contribution in [2.75, 3.05) is 19.8 Å². The maximum atomic E-state index is 12.9. The summed E-state index contributed by atoms with van der Waals surface area (Å²) >= 11 is 6.16. The molecule has 3 rings (SSSR count). The lowest BCUT2D eigenvalue weighted by Gasteiger charge is -2.35. The number of carbonyl (C=O) groups excluding carboxylic acids is 1. The van der Waals surface area contributed by atoms with Crippen LogP contribution in [0.4, 0.5) is 8.78 Å². The molecule has 2 atom stereocenters. The maximum absolute atomic E-state index is 12.9. The van der Waals surface area contributed by atoms with Gasteiger partial charge in [0.1, 0.15) is 6.33 Å². The van der Waals surface area contributed by atoms with E-state index in [1.54, 1.807) is 0 Å². The maximum Gasteiger partial charge on any atom is 0.255 e. The summed E-state index contributed by atoms with van der Waals surface area (Å²) < 4.78 is 42.5. The van der Waals surface area contributed by atoms with Crippen molar-refractivity contribution in [2.24, 2.45) is 11.8 Å². The van der Waals surface area contributed by atoms with E-state index in [2.05, 4.69) is 15.3 Å². The zero-order chi connectivity index (χ0) is 20.3. The zero-order valence-electron chi connectivity index (χ0n) is 15.8. The highest BCUT2D eigenvalue weighted by Gasteiger charge is 2.57. The molecule has 0 spiro atoms. The molecule has 10 heteroatoms. The summed E-state index contributed by atoms with van der Waals surface area (Å²) in [6.45, 7) is 4.11. The van der Waals surface area contributed by atoms with Gasteiger partial charge in [-0.25, -0.2) is 18.7 Å². The van der Waals surface area contributed by atoms with Crippen molar-refractivity contribution in [2.45, 2.75) is 51.2 Å². The molecule has 2 aliphatic carbocycles. The second-order valence-corrected chi connectivity index (χ2v) is 7.85. The summed E-state index contributed by atoms with van der Waals surface area (Å²) in [5.41, 5.74) is 0. The largest absolute Gasteiger partial charge is 0.476 e. The average Bonchev–Trinajstić information content (AvgIpc) is 3.19. The number of alkyl halides is 2. The number of halogens is 3. The molecule has 7 nitrogen and oxygen atoms in total. The summed E-state index contributed by atoms with van der Waals surface area (Å²) in [5, 5.41) is 2.86. The van der Waals surface area contributed by atoms with Crippen LogP contribution in [0.1, 0.15) is 33.1 Å². The van der Waals surface area contributed by atoms with Crippen LogP contribution in [0.2, 0.25) is 5.02 Å². The fourth-order valence-corrected chi connectivity index (χ4v) is 3.19. The molecule has 0 radical (unpaired) electrons. The third-order valence-corrected chi connectivity index (χ3v) is 5.11. The zero-order valence-corrected chi connectivity index (χ0v) is 16.5. The summed E-state index contributed by atoms with van der Waals surface area (Å²) in [6.07, 6.45) is 2.89. The molecule has 28 heavy (non-hydrogen) atoms. The van der Waals surface area contributed by atoms with Crippen LogP contribution in [-0.4, -0.2) is 53.8 Å². The second kappa shape index (κ2) is 8.73. The molecule has 0 aliphatic heterocycles. The van der Waals surface area contributed by atoms with Gasteiger partial charge >= 0.3 is 0 Å². The van der Waals surface area contributed by atoms with Crippen molar-refractivity contribution in [1.29, 1.82) is 0 Å². The van der Waals surface area contributed by atoms with Gasteiger partial charge in [0.15, 0.2) is 5.02 Å².